The molecule has 33 heavy (non-hydrogen) atoms. The zero-order chi connectivity index (χ0) is 23.8. The van der Waals surface area contributed by atoms with Crippen molar-refractivity contribution in [2.24, 2.45) is 0 Å². The van der Waals surface area contributed by atoms with Gasteiger partial charge in [0.2, 0.25) is 0 Å². The van der Waals surface area contributed by atoms with Crippen molar-refractivity contribution in [2.75, 3.05) is 16.2 Å². The van der Waals surface area contributed by atoms with E-state index in [9.17, 15) is 23.3 Å². The van der Waals surface area contributed by atoms with Crippen LogP contribution in [-0.2, 0) is 16.4 Å². The lowest BCUT2D eigenvalue weighted by atomic mass is 10.0. The van der Waals surface area contributed by atoms with Crippen molar-refractivity contribution in [1.82, 2.24) is 0 Å². The van der Waals surface area contributed by atoms with Crippen molar-refractivity contribution in [1.29, 1.82) is 0 Å². The molecule has 0 saturated carbocycles. The molecule has 1 aliphatic heterocycles. The fourth-order valence-electron chi connectivity index (χ4n) is 3.99. The molecule has 0 atom stereocenters. The molecular formula is C24H23N3O5S. The molecular weight excluding hydrogens is 442 g/mol. The van der Waals surface area contributed by atoms with Gasteiger partial charge in [-0.3, -0.25) is 19.2 Å². The quantitative estimate of drug-likeness (QED) is 0.437. The Morgan fingerprint density at radius 2 is 1.79 bits per heavy atom. The summed E-state index contributed by atoms with van der Waals surface area (Å²) in [5.74, 6) is -0.462. The standard InChI is InChI=1S/C24H23N3O5S/c1-16-8-11-20(12-9-16)33(31,32)26-14-4-5-18-15-19(10-13-23(18)26)25-24(28)21-6-3-7-22(17(21)2)27(29)30/h3,6-13,15H,4-5,14H2,1-2H3,(H,25,28). The maximum Gasteiger partial charge on any atom is 0.273 e. The molecule has 4 rings (SSSR count). The number of amides is 1. The average Bonchev–Trinajstić information content (AvgIpc) is 2.78. The van der Waals surface area contributed by atoms with Gasteiger partial charge in [0, 0.05) is 29.4 Å². The third-order valence-electron chi connectivity index (χ3n) is 5.77. The predicted molar refractivity (Wildman–Crippen MR) is 126 cm³/mol. The first-order valence-corrected chi connectivity index (χ1v) is 11.9. The minimum absolute atomic E-state index is 0.120. The number of nitro groups is 1. The van der Waals surface area contributed by atoms with Gasteiger partial charge < -0.3 is 5.32 Å². The Morgan fingerprint density at radius 3 is 2.48 bits per heavy atom. The molecule has 0 bridgehead atoms. The molecule has 0 saturated heterocycles. The highest BCUT2D eigenvalue weighted by atomic mass is 32.2. The first-order valence-electron chi connectivity index (χ1n) is 10.5. The van der Waals surface area contributed by atoms with Crippen molar-refractivity contribution >= 4 is 33.0 Å². The van der Waals surface area contributed by atoms with E-state index in [2.05, 4.69) is 5.32 Å². The molecule has 0 spiro atoms. The molecule has 3 aromatic rings. The first kappa shape index (κ1) is 22.5. The summed E-state index contributed by atoms with van der Waals surface area (Å²) in [7, 11) is -3.71. The molecule has 0 aliphatic carbocycles. The summed E-state index contributed by atoms with van der Waals surface area (Å²) in [6, 6.07) is 16.2. The number of rotatable bonds is 5. The van der Waals surface area contributed by atoms with Gasteiger partial charge in [-0.1, -0.05) is 23.8 Å². The second-order valence-electron chi connectivity index (χ2n) is 8.00. The number of hydrogen-bond acceptors (Lipinski definition) is 5. The molecule has 0 radical (unpaired) electrons. The number of sulfonamides is 1. The van der Waals surface area contributed by atoms with Crippen LogP contribution in [0.1, 0.15) is 33.5 Å². The normalized spacial score (nSPS) is 13.3. The number of hydrogen-bond donors (Lipinski definition) is 1. The number of nitrogens with one attached hydrogen (secondary N) is 1. The monoisotopic (exact) mass is 465 g/mol. The second kappa shape index (κ2) is 8.67. The van der Waals surface area contributed by atoms with E-state index < -0.39 is 20.9 Å². The minimum Gasteiger partial charge on any atom is -0.322 e. The van der Waals surface area contributed by atoms with Crippen LogP contribution in [0.3, 0.4) is 0 Å². The van der Waals surface area contributed by atoms with E-state index in [1.54, 1.807) is 42.5 Å². The molecule has 1 amide bonds. The number of nitrogens with zero attached hydrogens (tertiary/aromatic N) is 2. The van der Waals surface area contributed by atoms with Gasteiger partial charge in [-0.15, -0.1) is 0 Å². The molecule has 1 heterocycles. The highest BCUT2D eigenvalue weighted by molar-refractivity contribution is 7.92. The molecule has 3 aromatic carbocycles. The zero-order valence-electron chi connectivity index (χ0n) is 18.2. The van der Waals surface area contributed by atoms with Gasteiger partial charge in [-0.2, -0.15) is 0 Å². The lowest BCUT2D eigenvalue weighted by Gasteiger charge is -2.31. The van der Waals surface area contributed by atoms with Crippen LogP contribution < -0.4 is 9.62 Å². The van der Waals surface area contributed by atoms with E-state index in [1.165, 1.54) is 29.4 Å². The third-order valence-corrected chi connectivity index (χ3v) is 7.60. The Bertz CT molecular complexity index is 1350. The van der Waals surface area contributed by atoms with Gasteiger partial charge in [-0.25, -0.2) is 8.42 Å². The van der Waals surface area contributed by atoms with Gasteiger partial charge in [0.1, 0.15) is 0 Å². The Hall–Kier alpha value is -3.72. The van der Waals surface area contributed by atoms with Crippen molar-refractivity contribution in [2.45, 2.75) is 31.6 Å². The fourth-order valence-corrected chi connectivity index (χ4v) is 5.53. The second-order valence-corrected chi connectivity index (χ2v) is 9.86. The van der Waals surface area contributed by atoms with Crippen LogP contribution in [0.2, 0.25) is 0 Å². The Kier molecular flexibility index (Phi) is 5.90. The van der Waals surface area contributed by atoms with Gasteiger partial charge in [0.15, 0.2) is 0 Å². The first-order chi connectivity index (χ1) is 15.7. The molecule has 1 N–H and O–H groups in total. The average molecular weight is 466 g/mol. The number of benzene rings is 3. The number of anilines is 2. The van der Waals surface area contributed by atoms with Gasteiger partial charge in [0.05, 0.1) is 15.5 Å². The predicted octanol–water partition coefficient (Wildman–Crippen LogP) is 4.61. The Labute approximate surface area is 192 Å². The molecule has 1 aliphatic rings. The van der Waals surface area contributed by atoms with Crippen molar-refractivity contribution in [3.05, 3.63) is 93.0 Å². The fraction of sp³-hybridized carbons (Fsp3) is 0.208. The molecule has 0 aromatic heterocycles. The lowest BCUT2D eigenvalue weighted by Crippen LogP contribution is -2.35. The number of aryl methyl sites for hydroxylation is 2. The number of fused-ring (bicyclic) bond motifs is 1. The largest absolute Gasteiger partial charge is 0.322 e. The number of carbonyl (C=O) groups excluding carboxylic acids is 1. The number of nitro benzene ring substituents is 1. The van der Waals surface area contributed by atoms with E-state index in [1.807, 2.05) is 6.92 Å². The maximum atomic E-state index is 13.2. The molecule has 0 fully saturated rings. The van der Waals surface area contributed by atoms with E-state index in [0.29, 0.717) is 30.8 Å². The molecule has 0 unspecified atom stereocenters. The zero-order valence-corrected chi connectivity index (χ0v) is 19.1. The number of carbonyl (C=O) groups is 1. The highest BCUT2D eigenvalue weighted by Gasteiger charge is 2.29. The summed E-state index contributed by atoms with van der Waals surface area (Å²) in [6.07, 6.45) is 1.33. The summed E-state index contributed by atoms with van der Waals surface area (Å²) < 4.78 is 27.9. The van der Waals surface area contributed by atoms with Crippen LogP contribution >= 0.6 is 0 Å². The van der Waals surface area contributed by atoms with Crippen molar-refractivity contribution in [3.63, 3.8) is 0 Å². The lowest BCUT2D eigenvalue weighted by molar-refractivity contribution is -0.385. The summed E-state index contributed by atoms with van der Waals surface area (Å²) >= 11 is 0. The Morgan fingerprint density at radius 1 is 1.06 bits per heavy atom. The maximum absolute atomic E-state index is 13.2. The van der Waals surface area contributed by atoms with Gasteiger partial charge in [-0.05, 0) is 68.7 Å². The smallest absolute Gasteiger partial charge is 0.273 e. The van der Waals surface area contributed by atoms with Gasteiger partial charge >= 0.3 is 0 Å². The van der Waals surface area contributed by atoms with E-state index >= 15 is 0 Å². The summed E-state index contributed by atoms with van der Waals surface area (Å²) in [5, 5.41) is 13.9. The summed E-state index contributed by atoms with van der Waals surface area (Å²) in [4.78, 5) is 23.7. The minimum atomic E-state index is -3.71. The van der Waals surface area contributed by atoms with E-state index in [-0.39, 0.29) is 21.7 Å². The molecule has 9 heteroatoms. The van der Waals surface area contributed by atoms with Crippen LogP contribution in [0, 0.1) is 24.0 Å². The summed E-state index contributed by atoms with van der Waals surface area (Å²) in [6.45, 7) is 3.81. The SMILES string of the molecule is Cc1ccc(S(=O)(=O)N2CCCc3cc(NC(=O)c4cccc([N+](=O)[O-])c4C)ccc32)cc1. The van der Waals surface area contributed by atoms with Crippen LogP contribution in [0.4, 0.5) is 17.1 Å². The molecule has 8 nitrogen and oxygen atoms in total. The van der Waals surface area contributed by atoms with Crippen LogP contribution in [0.25, 0.3) is 0 Å². The molecule has 170 valence electrons. The van der Waals surface area contributed by atoms with Crippen LogP contribution in [0.15, 0.2) is 65.6 Å². The summed E-state index contributed by atoms with van der Waals surface area (Å²) in [5.41, 5.74) is 3.26. The van der Waals surface area contributed by atoms with Crippen molar-refractivity contribution < 1.29 is 18.1 Å². The van der Waals surface area contributed by atoms with Crippen LogP contribution in [-0.4, -0.2) is 25.8 Å². The van der Waals surface area contributed by atoms with Gasteiger partial charge in [0.25, 0.3) is 21.6 Å². The van der Waals surface area contributed by atoms with E-state index in [0.717, 1.165) is 11.1 Å². The Balaban J connectivity index is 1.62. The van der Waals surface area contributed by atoms with Crippen molar-refractivity contribution in [3.8, 4) is 0 Å². The highest BCUT2D eigenvalue weighted by Crippen LogP contribution is 2.34. The third kappa shape index (κ3) is 4.31. The van der Waals surface area contributed by atoms with Crippen LogP contribution in [0.5, 0.6) is 0 Å². The topological polar surface area (TPSA) is 110 Å². The van der Waals surface area contributed by atoms with E-state index in [4.69, 9.17) is 0 Å².